The van der Waals surface area contributed by atoms with E-state index in [4.69, 9.17) is 36.1 Å². The van der Waals surface area contributed by atoms with Crippen molar-refractivity contribution in [3.05, 3.63) is 0 Å². The third-order valence-corrected chi connectivity index (χ3v) is 0.659. The Hall–Kier alpha value is -1.15. The van der Waals surface area contributed by atoms with E-state index >= 15 is 0 Å². The Kier molecular flexibility index (Phi) is 6.93. The van der Waals surface area contributed by atoms with Crippen LogP contribution in [0.15, 0.2) is 4.99 Å². The number of aliphatic imine (C=N–C) groups is 1. The molecule has 14 heavy (non-hydrogen) atoms. The third-order valence-electron chi connectivity index (χ3n) is 0.659. The molecule has 0 aliphatic rings. The minimum Gasteiger partial charge on any atom is -0.370 e. The molecule has 0 aromatic heterocycles. The Morgan fingerprint density at radius 1 is 1.36 bits per heavy atom. The molecule has 0 aromatic carbocycles. The summed E-state index contributed by atoms with van der Waals surface area (Å²) in [6.07, 6.45) is 0. The number of nitrogens with one attached hydrogen (secondary N) is 1. The van der Waals surface area contributed by atoms with Crippen LogP contribution in [0.5, 0.6) is 0 Å². The predicted octanol–water partition coefficient (Wildman–Crippen LogP) is -2.17. The van der Waals surface area contributed by atoms with Crippen LogP contribution in [0.3, 0.4) is 0 Å². The van der Waals surface area contributed by atoms with Gasteiger partial charge in [0.15, 0.2) is 5.96 Å². The van der Waals surface area contributed by atoms with Crippen LogP contribution in [-0.4, -0.2) is 45.6 Å². The van der Waals surface area contributed by atoms with Crippen LogP contribution in [0.2, 0.25) is 0 Å². The number of rotatable bonds is 0. The van der Waals surface area contributed by atoms with Crippen molar-refractivity contribution < 1.29 is 19.2 Å². The number of phosphoric acid groups is 1. The maximum absolute atomic E-state index is 8.88. The maximum Gasteiger partial charge on any atom is 0.466 e. The van der Waals surface area contributed by atoms with Gasteiger partial charge in [-0.05, 0) is 0 Å². The van der Waals surface area contributed by atoms with E-state index in [0.717, 1.165) is 0 Å². The largest absolute Gasteiger partial charge is 0.466 e. The molecule has 0 saturated carbocycles. The van der Waals surface area contributed by atoms with E-state index in [-0.39, 0.29) is 11.9 Å². The van der Waals surface area contributed by atoms with E-state index in [1.54, 1.807) is 14.1 Å². The highest BCUT2D eigenvalue weighted by molar-refractivity contribution is 7.45. The van der Waals surface area contributed by atoms with Gasteiger partial charge in [-0.1, -0.05) is 0 Å². The molecule has 10 heteroatoms. The second kappa shape index (κ2) is 6.33. The van der Waals surface area contributed by atoms with Gasteiger partial charge in [0, 0.05) is 14.1 Å². The second-order valence-electron chi connectivity index (χ2n) is 2.27. The summed E-state index contributed by atoms with van der Waals surface area (Å²) in [5.74, 6) is -0.0382. The number of nitrogens with two attached hydrogens (primary N) is 2. The Morgan fingerprint density at radius 3 is 1.71 bits per heavy atom. The van der Waals surface area contributed by atoms with Gasteiger partial charge in [-0.3, -0.25) is 5.41 Å². The molecule has 0 spiro atoms. The average Bonchev–Trinajstić information content (AvgIpc) is 1.80. The lowest BCUT2D eigenvalue weighted by atomic mass is 10.8. The van der Waals surface area contributed by atoms with Crippen LogP contribution in [0, 0.1) is 5.41 Å². The summed E-state index contributed by atoms with van der Waals surface area (Å²) in [5.41, 5.74) is 9.98. The fraction of sp³-hybridized carbons (Fsp3) is 0.500. The standard InChI is InChI=1S/C4H11N5.H3O4P/c1-9(2)4(7)8-3(5)6;1-5(2,3)4/h1-2H3,(H5,5,6,7,8);(H3,1,2,3,4). The first kappa shape index (κ1) is 15.3. The fourth-order valence-electron chi connectivity index (χ4n) is 0.222. The molecule has 0 radical (unpaired) electrons. The molecule has 9 nitrogen and oxygen atoms in total. The molecule has 0 bridgehead atoms. The van der Waals surface area contributed by atoms with E-state index in [2.05, 4.69) is 4.99 Å². The maximum atomic E-state index is 8.88. The average molecular weight is 227 g/mol. The highest BCUT2D eigenvalue weighted by Crippen LogP contribution is 2.25. The quantitative estimate of drug-likeness (QED) is 0.155. The highest BCUT2D eigenvalue weighted by atomic mass is 31.2. The lowest BCUT2D eigenvalue weighted by Gasteiger charge is -2.07. The molecule has 0 heterocycles. The van der Waals surface area contributed by atoms with E-state index < -0.39 is 7.82 Å². The topological polar surface area (TPSA) is 169 Å². The first-order valence-corrected chi connectivity index (χ1v) is 4.74. The van der Waals surface area contributed by atoms with E-state index in [1.165, 1.54) is 4.90 Å². The zero-order chi connectivity index (χ0) is 11.9. The van der Waals surface area contributed by atoms with Gasteiger partial charge in [0.1, 0.15) is 0 Å². The summed E-state index contributed by atoms with van der Waals surface area (Å²) in [5, 5.41) is 7.05. The molecule has 0 aliphatic heterocycles. The molecule has 0 rings (SSSR count). The molecule has 0 aromatic rings. The van der Waals surface area contributed by atoms with Crippen LogP contribution >= 0.6 is 7.82 Å². The summed E-state index contributed by atoms with van der Waals surface area (Å²) in [6, 6.07) is 0. The first-order valence-electron chi connectivity index (χ1n) is 3.18. The number of nitrogens with zero attached hydrogens (tertiary/aromatic N) is 2. The summed E-state index contributed by atoms with van der Waals surface area (Å²) in [4.78, 5) is 26.5. The lowest BCUT2D eigenvalue weighted by molar-refractivity contribution is 0.275. The van der Waals surface area contributed by atoms with E-state index in [9.17, 15) is 0 Å². The van der Waals surface area contributed by atoms with Crippen molar-refractivity contribution in [2.75, 3.05) is 14.1 Å². The Labute approximate surface area is 80.8 Å². The van der Waals surface area contributed by atoms with Crippen LogP contribution in [-0.2, 0) is 4.57 Å². The van der Waals surface area contributed by atoms with Gasteiger partial charge in [-0.2, -0.15) is 4.99 Å². The van der Waals surface area contributed by atoms with Crippen molar-refractivity contribution in [3.8, 4) is 0 Å². The minimum atomic E-state index is -4.64. The van der Waals surface area contributed by atoms with Crippen molar-refractivity contribution in [1.29, 1.82) is 5.41 Å². The summed E-state index contributed by atoms with van der Waals surface area (Å²) >= 11 is 0. The molecular weight excluding hydrogens is 213 g/mol. The summed E-state index contributed by atoms with van der Waals surface area (Å²) in [7, 11) is -1.26. The molecule has 0 atom stereocenters. The predicted molar refractivity (Wildman–Crippen MR) is 51.5 cm³/mol. The molecule has 0 fully saturated rings. The molecule has 0 aliphatic carbocycles. The molecule has 84 valence electrons. The summed E-state index contributed by atoms with van der Waals surface area (Å²) < 4.78 is 8.88. The van der Waals surface area contributed by atoms with Crippen molar-refractivity contribution in [2.24, 2.45) is 16.5 Å². The Bertz CT molecular complexity index is 246. The number of hydrogen-bond acceptors (Lipinski definition) is 2. The smallest absolute Gasteiger partial charge is 0.370 e. The van der Waals surface area contributed by atoms with Crippen molar-refractivity contribution >= 4 is 19.7 Å². The Balaban J connectivity index is 0. The van der Waals surface area contributed by atoms with Crippen molar-refractivity contribution in [2.45, 2.75) is 0 Å². The van der Waals surface area contributed by atoms with Crippen LogP contribution < -0.4 is 11.5 Å². The van der Waals surface area contributed by atoms with E-state index in [1.807, 2.05) is 0 Å². The third kappa shape index (κ3) is 22.4. The van der Waals surface area contributed by atoms with Gasteiger partial charge in [0.2, 0.25) is 5.96 Å². The zero-order valence-corrected chi connectivity index (χ0v) is 8.64. The lowest BCUT2D eigenvalue weighted by Crippen LogP contribution is -2.28. The highest BCUT2D eigenvalue weighted by Gasteiger charge is 2.00. The summed E-state index contributed by atoms with van der Waals surface area (Å²) in [6.45, 7) is 0. The number of hydrogen-bond donors (Lipinski definition) is 6. The van der Waals surface area contributed by atoms with Gasteiger partial charge in [0.05, 0.1) is 0 Å². The fourth-order valence-corrected chi connectivity index (χ4v) is 0.222. The molecule has 0 saturated heterocycles. The minimum absolute atomic E-state index is 0.0509. The SMILES string of the molecule is CN(C)C(=N)N=C(N)N.O=P(O)(O)O. The van der Waals surface area contributed by atoms with Crippen molar-refractivity contribution in [1.82, 2.24) is 4.90 Å². The molecular formula is C4H14N5O4P. The Morgan fingerprint density at radius 2 is 1.64 bits per heavy atom. The normalized spacial score (nSPS) is 9.50. The number of guanidine groups is 2. The van der Waals surface area contributed by atoms with Crippen LogP contribution in [0.4, 0.5) is 0 Å². The van der Waals surface area contributed by atoms with Gasteiger partial charge in [0.25, 0.3) is 0 Å². The second-order valence-corrected chi connectivity index (χ2v) is 3.29. The van der Waals surface area contributed by atoms with Gasteiger partial charge in [-0.15, -0.1) is 0 Å². The van der Waals surface area contributed by atoms with Gasteiger partial charge < -0.3 is 31.0 Å². The van der Waals surface area contributed by atoms with Gasteiger partial charge in [-0.25, -0.2) is 4.57 Å². The molecule has 0 amide bonds. The molecule has 8 N–H and O–H groups in total. The van der Waals surface area contributed by atoms with Crippen molar-refractivity contribution in [3.63, 3.8) is 0 Å². The van der Waals surface area contributed by atoms with E-state index in [0.29, 0.717) is 0 Å². The van der Waals surface area contributed by atoms with Gasteiger partial charge >= 0.3 is 7.82 Å². The zero-order valence-electron chi connectivity index (χ0n) is 7.75. The van der Waals surface area contributed by atoms with Crippen LogP contribution in [0.1, 0.15) is 0 Å². The first-order chi connectivity index (χ1) is 6.04. The van der Waals surface area contributed by atoms with Crippen LogP contribution in [0.25, 0.3) is 0 Å². The monoisotopic (exact) mass is 227 g/mol. The molecule has 0 unspecified atom stereocenters.